The van der Waals surface area contributed by atoms with E-state index in [9.17, 15) is 4.79 Å². The molecular formula is C14H24O. The van der Waals surface area contributed by atoms with E-state index in [2.05, 4.69) is 20.1 Å². The molecule has 0 saturated heterocycles. The van der Waals surface area contributed by atoms with Crippen LogP contribution < -0.4 is 0 Å². The van der Waals surface area contributed by atoms with E-state index in [4.69, 9.17) is 0 Å². The van der Waals surface area contributed by atoms with Crippen molar-refractivity contribution in [2.75, 3.05) is 0 Å². The number of Topliss-reactive ketones (excluding diaryl/α,β-unsaturated/α-hetero) is 1. The lowest BCUT2D eigenvalue weighted by Gasteiger charge is -2.01. The van der Waals surface area contributed by atoms with Gasteiger partial charge in [-0.1, -0.05) is 24.5 Å². The van der Waals surface area contributed by atoms with Crippen LogP contribution in [0.15, 0.2) is 24.8 Å². The maximum Gasteiger partial charge on any atom is 0.133 e. The molecule has 1 heteroatoms. The van der Waals surface area contributed by atoms with Crippen LogP contribution in [0.5, 0.6) is 0 Å². The van der Waals surface area contributed by atoms with Crippen LogP contribution in [0.25, 0.3) is 0 Å². The normalized spacial score (nSPS) is 9.93. The van der Waals surface area contributed by atoms with Gasteiger partial charge in [-0.15, -0.1) is 13.2 Å². The van der Waals surface area contributed by atoms with Crippen LogP contribution in [-0.4, -0.2) is 5.78 Å². The Labute approximate surface area is 94.3 Å². The number of ketones is 1. The fraction of sp³-hybridized carbons (Fsp3) is 0.643. The summed E-state index contributed by atoms with van der Waals surface area (Å²) in [6.45, 7) is 9.55. The van der Waals surface area contributed by atoms with Crippen molar-refractivity contribution in [3.8, 4) is 0 Å². The molecule has 0 aliphatic carbocycles. The summed E-state index contributed by atoms with van der Waals surface area (Å²) >= 11 is 0. The van der Waals surface area contributed by atoms with E-state index in [-0.39, 0.29) is 0 Å². The first-order valence-electron chi connectivity index (χ1n) is 5.93. The van der Waals surface area contributed by atoms with Crippen LogP contribution in [0.2, 0.25) is 0 Å². The van der Waals surface area contributed by atoms with E-state index in [0.717, 1.165) is 25.7 Å². The number of rotatable bonds is 10. The summed E-state index contributed by atoms with van der Waals surface area (Å²) < 4.78 is 0. The average Bonchev–Trinajstić information content (AvgIpc) is 2.19. The van der Waals surface area contributed by atoms with Crippen LogP contribution >= 0.6 is 0 Å². The molecule has 0 bridgehead atoms. The summed E-state index contributed by atoms with van der Waals surface area (Å²) in [6, 6.07) is 0. The van der Waals surface area contributed by atoms with Gasteiger partial charge >= 0.3 is 0 Å². The fourth-order valence-electron chi connectivity index (χ4n) is 1.49. The van der Waals surface area contributed by atoms with Gasteiger partial charge in [0.1, 0.15) is 5.78 Å². The maximum absolute atomic E-state index is 11.3. The first-order chi connectivity index (χ1) is 7.16. The second-order valence-electron chi connectivity index (χ2n) is 4.24. The number of hydrogen-bond donors (Lipinski definition) is 0. The molecule has 0 atom stereocenters. The van der Waals surface area contributed by atoms with Crippen molar-refractivity contribution in [2.45, 2.75) is 58.3 Å². The molecule has 0 aromatic rings. The molecule has 0 spiro atoms. The molecule has 0 N–H and O–H groups in total. The number of unbranched alkanes of at least 4 members (excludes halogenated alkanes) is 3. The van der Waals surface area contributed by atoms with E-state index in [1.165, 1.54) is 24.8 Å². The van der Waals surface area contributed by atoms with Gasteiger partial charge in [0.25, 0.3) is 0 Å². The van der Waals surface area contributed by atoms with Crippen LogP contribution in [0.3, 0.4) is 0 Å². The van der Waals surface area contributed by atoms with E-state index in [0.29, 0.717) is 12.2 Å². The van der Waals surface area contributed by atoms with Gasteiger partial charge in [0.2, 0.25) is 0 Å². The summed E-state index contributed by atoms with van der Waals surface area (Å²) in [4.78, 5) is 11.3. The Bertz CT molecular complexity index is 203. The standard InChI is InChI=1S/C14H24O/c1-4-5-11-14(15)12-9-7-6-8-10-13(2)3/h4H,1-2,5-12H2,3H3. The first kappa shape index (κ1) is 14.2. The smallest absolute Gasteiger partial charge is 0.133 e. The number of carbonyl (C=O) groups excluding carboxylic acids is 1. The molecule has 86 valence electrons. The highest BCUT2D eigenvalue weighted by atomic mass is 16.1. The first-order valence-corrected chi connectivity index (χ1v) is 5.93. The lowest BCUT2D eigenvalue weighted by atomic mass is 10.0. The Kier molecular flexibility index (Phi) is 9.15. The van der Waals surface area contributed by atoms with Gasteiger partial charge in [-0.25, -0.2) is 0 Å². The minimum absolute atomic E-state index is 0.384. The van der Waals surface area contributed by atoms with Crippen LogP contribution in [-0.2, 0) is 4.79 Å². The van der Waals surface area contributed by atoms with Gasteiger partial charge in [0.05, 0.1) is 0 Å². The Morgan fingerprint density at radius 2 is 1.67 bits per heavy atom. The molecule has 0 aromatic carbocycles. The van der Waals surface area contributed by atoms with Gasteiger partial charge in [-0.3, -0.25) is 4.79 Å². The lowest BCUT2D eigenvalue weighted by molar-refractivity contribution is -0.119. The summed E-state index contributed by atoms with van der Waals surface area (Å²) in [5.74, 6) is 0.384. The molecule has 0 radical (unpaired) electrons. The molecule has 0 amide bonds. The van der Waals surface area contributed by atoms with E-state index >= 15 is 0 Å². The summed E-state index contributed by atoms with van der Waals surface area (Å²) in [5.41, 5.74) is 1.26. The van der Waals surface area contributed by atoms with E-state index < -0.39 is 0 Å². The highest BCUT2D eigenvalue weighted by molar-refractivity contribution is 5.78. The third-order valence-corrected chi connectivity index (χ3v) is 2.44. The quantitative estimate of drug-likeness (QED) is 0.383. The monoisotopic (exact) mass is 208 g/mol. The molecule has 0 saturated carbocycles. The number of allylic oxidation sites excluding steroid dienone is 2. The van der Waals surface area contributed by atoms with Gasteiger partial charge < -0.3 is 0 Å². The average molecular weight is 208 g/mol. The van der Waals surface area contributed by atoms with Gasteiger partial charge in [0.15, 0.2) is 0 Å². The molecule has 1 nitrogen and oxygen atoms in total. The summed E-state index contributed by atoms with van der Waals surface area (Å²) in [5, 5.41) is 0. The van der Waals surface area contributed by atoms with Crippen molar-refractivity contribution >= 4 is 5.78 Å². The minimum atomic E-state index is 0.384. The summed E-state index contributed by atoms with van der Waals surface area (Å²) in [6.07, 6.45) is 9.86. The molecular weight excluding hydrogens is 184 g/mol. The zero-order valence-corrected chi connectivity index (χ0v) is 10.1. The number of hydrogen-bond acceptors (Lipinski definition) is 1. The SMILES string of the molecule is C=CCCC(=O)CCCCCCC(=C)C. The van der Waals surface area contributed by atoms with Crippen LogP contribution in [0, 0.1) is 0 Å². The predicted molar refractivity (Wildman–Crippen MR) is 67.0 cm³/mol. The molecule has 0 aliphatic rings. The summed E-state index contributed by atoms with van der Waals surface area (Å²) in [7, 11) is 0. The zero-order valence-electron chi connectivity index (χ0n) is 10.1. The molecule has 0 unspecified atom stereocenters. The van der Waals surface area contributed by atoms with Gasteiger partial charge in [0, 0.05) is 12.8 Å². The molecule has 0 fully saturated rings. The highest BCUT2D eigenvalue weighted by Crippen LogP contribution is 2.10. The van der Waals surface area contributed by atoms with Crippen molar-refractivity contribution in [1.82, 2.24) is 0 Å². The van der Waals surface area contributed by atoms with Crippen LogP contribution in [0.4, 0.5) is 0 Å². The second-order valence-corrected chi connectivity index (χ2v) is 4.24. The fourth-order valence-corrected chi connectivity index (χ4v) is 1.49. The van der Waals surface area contributed by atoms with Gasteiger partial charge in [-0.05, 0) is 32.6 Å². The Morgan fingerprint density at radius 1 is 1.07 bits per heavy atom. The van der Waals surface area contributed by atoms with Crippen molar-refractivity contribution < 1.29 is 4.79 Å². The van der Waals surface area contributed by atoms with Crippen molar-refractivity contribution in [2.24, 2.45) is 0 Å². The third-order valence-electron chi connectivity index (χ3n) is 2.44. The van der Waals surface area contributed by atoms with E-state index in [1.54, 1.807) is 0 Å². The van der Waals surface area contributed by atoms with E-state index in [1.807, 2.05) is 6.08 Å². The van der Waals surface area contributed by atoms with Crippen molar-refractivity contribution in [3.63, 3.8) is 0 Å². The maximum atomic E-state index is 11.3. The van der Waals surface area contributed by atoms with Crippen molar-refractivity contribution in [3.05, 3.63) is 24.8 Å². The topological polar surface area (TPSA) is 17.1 Å². The van der Waals surface area contributed by atoms with Crippen molar-refractivity contribution in [1.29, 1.82) is 0 Å². The Morgan fingerprint density at radius 3 is 2.20 bits per heavy atom. The molecule has 0 aromatic heterocycles. The Balaban J connectivity index is 3.19. The molecule has 0 aliphatic heterocycles. The molecule has 0 rings (SSSR count). The van der Waals surface area contributed by atoms with Gasteiger partial charge in [-0.2, -0.15) is 0 Å². The predicted octanol–water partition coefficient (Wildman–Crippen LogP) is 4.44. The second kappa shape index (κ2) is 9.70. The number of carbonyl (C=O) groups is 1. The molecule has 15 heavy (non-hydrogen) atoms. The third kappa shape index (κ3) is 11.1. The molecule has 0 heterocycles. The highest BCUT2D eigenvalue weighted by Gasteiger charge is 1.99. The largest absolute Gasteiger partial charge is 0.300 e. The zero-order chi connectivity index (χ0) is 11.5. The van der Waals surface area contributed by atoms with Crippen LogP contribution in [0.1, 0.15) is 58.3 Å². The lowest BCUT2D eigenvalue weighted by Crippen LogP contribution is -1.96. The minimum Gasteiger partial charge on any atom is -0.300 e. The Hall–Kier alpha value is -0.850.